The van der Waals surface area contributed by atoms with Gasteiger partial charge in [-0.25, -0.2) is 8.42 Å². The van der Waals surface area contributed by atoms with Crippen LogP contribution in [0.25, 0.3) is 0 Å². The monoisotopic (exact) mass is 506 g/mol. The minimum atomic E-state index is -4.67. The Morgan fingerprint density at radius 2 is 1.82 bits per heavy atom. The molecule has 1 saturated heterocycles. The second-order valence-electron chi connectivity index (χ2n) is 7.88. The number of hydrogen-bond donors (Lipinski definition) is 1. The van der Waals surface area contributed by atoms with Crippen LogP contribution >= 0.6 is 11.6 Å². The van der Waals surface area contributed by atoms with E-state index in [1.165, 1.54) is 33.3 Å². The van der Waals surface area contributed by atoms with Gasteiger partial charge in [0.2, 0.25) is 15.9 Å². The number of anilines is 1. The van der Waals surface area contributed by atoms with E-state index in [1.807, 2.05) is 0 Å². The van der Waals surface area contributed by atoms with Crippen LogP contribution in [0.1, 0.15) is 36.6 Å². The molecule has 1 amide bonds. The predicted molar refractivity (Wildman–Crippen MR) is 113 cm³/mol. The summed E-state index contributed by atoms with van der Waals surface area (Å²) in [5.41, 5.74) is -0.448. The van der Waals surface area contributed by atoms with Crippen LogP contribution in [-0.2, 0) is 32.3 Å². The van der Waals surface area contributed by atoms with Crippen LogP contribution in [0, 0.1) is 0 Å². The van der Waals surface area contributed by atoms with Gasteiger partial charge in [0, 0.05) is 31.1 Å². The maximum Gasteiger partial charge on any atom is 0.436 e. The Morgan fingerprint density at radius 1 is 1.18 bits per heavy atom. The molecule has 1 aromatic heterocycles. The minimum Gasteiger partial charge on any atom is -0.379 e. The molecule has 180 valence electrons. The van der Waals surface area contributed by atoms with Crippen LogP contribution in [-0.4, -0.2) is 54.7 Å². The molecular weight excluding hydrogens is 485 g/mol. The van der Waals surface area contributed by atoms with Gasteiger partial charge in [-0.3, -0.25) is 9.48 Å². The molecule has 8 nitrogen and oxygen atoms in total. The van der Waals surface area contributed by atoms with Gasteiger partial charge in [0.25, 0.3) is 0 Å². The summed E-state index contributed by atoms with van der Waals surface area (Å²) in [7, 11) is -3.65. The normalized spacial score (nSPS) is 17.8. The highest BCUT2D eigenvalue weighted by molar-refractivity contribution is 7.89. The minimum absolute atomic E-state index is 0.0586. The molecule has 0 unspecified atom stereocenters. The van der Waals surface area contributed by atoms with Crippen molar-refractivity contribution in [2.24, 2.45) is 0 Å². The Balaban J connectivity index is 1.39. The number of rotatable bonds is 7. The summed E-state index contributed by atoms with van der Waals surface area (Å²) in [6.07, 6.45) is -3.33. The Bertz CT molecular complexity index is 1130. The summed E-state index contributed by atoms with van der Waals surface area (Å²) in [5.74, 6) is -0.522. The Labute approximate surface area is 193 Å². The van der Waals surface area contributed by atoms with Crippen LogP contribution in [0.2, 0.25) is 5.02 Å². The van der Waals surface area contributed by atoms with Crippen LogP contribution in [0.4, 0.5) is 18.9 Å². The van der Waals surface area contributed by atoms with E-state index in [1.54, 1.807) is 0 Å². The number of amides is 1. The third kappa shape index (κ3) is 5.34. The Kier molecular flexibility index (Phi) is 6.72. The average molecular weight is 507 g/mol. The van der Waals surface area contributed by atoms with E-state index in [-0.39, 0.29) is 36.9 Å². The maximum atomic E-state index is 13.2. The quantitative estimate of drug-likeness (QED) is 0.620. The van der Waals surface area contributed by atoms with E-state index < -0.39 is 32.8 Å². The lowest BCUT2D eigenvalue weighted by molar-refractivity contribution is -0.141. The summed E-state index contributed by atoms with van der Waals surface area (Å²) in [4.78, 5) is 12.5. The number of alkyl halides is 3. The smallest absolute Gasteiger partial charge is 0.379 e. The van der Waals surface area contributed by atoms with Crippen LogP contribution < -0.4 is 5.32 Å². The number of carbonyl (C=O) groups excluding carboxylic acids is 1. The number of nitrogens with one attached hydrogen (secondary N) is 1. The number of aryl methyl sites for hydroxylation is 1. The molecule has 13 heteroatoms. The number of morpholine rings is 1. The van der Waals surface area contributed by atoms with Crippen LogP contribution in [0.3, 0.4) is 0 Å². The topological polar surface area (TPSA) is 93.5 Å². The van der Waals surface area contributed by atoms with Crippen molar-refractivity contribution in [2.45, 2.75) is 42.8 Å². The molecule has 1 aliphatic heterocycles. The molecule has 2 fully saturated rings. The van der Waals surface area contributed by atoms with E-state index in [9.17, 15) is 26.4 Å². The van der Waals surface area contributed by atoms with E-state index in [4.69, 9.17) is 16.3 Å². The van der Waals surface area contributed by atoms with Gasteiger partial charge >= 0.3 is 6.18 Å². The number of aromatic nitrogens is 2. The molecule has 2 aromatic rings. The number of sulfonamides is 1. The largest absolute Gasteiger partial charge is 0.436 e. The first-order valence-electron chi connectivity index (χ1n) is 10.4. The van der Waals surface area contributed by atoms with Crippen molar-refractivity contribution in [3.8, 4) is 0 Å². The number of nitrogens with zero attached hydrogens (tertiary/aromatic N) is 3. The van der Waals surface area contributed by atoms with Crippen molar-refractivity contribution < 1.29 is 31.1 Å². The highest BCUT2D eigenvalue weighted by Crippen LogP contribution is 2.46. The molecule has 2 heterocycles. The van der Waals surface area contributed by atoms with Crippen molar-refractivity contribution in [3.05, 3.63) is 40.7 Å². The van der Waals surface area contributed by atoms with Gasteiger partial charge < -0.3 is 10.1 Å². The summed E-state index contributed by atoms with van der Waals surface area (Å²) < 4.78 is 72.5. The standard InChI is InChI=1S/C20H22ClF3N4O4S/c21-17-18(13-1-2-13)28(26-19(17)20(22,23)24)8-7-16(29)25-14-3-5-15(6-4-14)33(30,31)27-9-11-32-12-10-27/h3-6,13H,1-2,7-12H2,(H,25,29). The highest BCUT2D eigenvalue weighted by atomic mass is 35.5. The first-order chi connectivity index (χ1) is 15.6. The van der Waals surface area contributed by atoms with Crippen LogP contribution in [0.5, 0.6) is 0 Å². The molecule has 4 rings (SSSR count). The summed E-state index contributed by atoms with van der Waals surface area (Å²) in [6, 6.07) is 5.73. The van der Waals surface area contributed by atoms with Crippen molar-refractivity contribution in [2.75, 3.05) is 31.6 Å². The second kappa shape index (κ2) is 9.24. The lowest BCUT2D eigenvalue weighted by atomic mass is 10.2. The molecule has 33 heavy (non-hydrogen) atoms. The van der Waals surface area contributed by atoms with E-state index in [2.05, 4.69) is 10.4 Å². The van der Waals surface area contributed by atoms with E-state index in [0.717, 1.165) is 12.8 Å². The first-order valence-corrected chi connectivity index (χ1v) is 12.2. The van der Waals surface area contributed by atoms with Gasteiger partial charge in [-0.2, -0.15) is 22.6 Å². The molecule has 1 aromatic carbocycles. The number of halogens is 4. The number of hydrogen-bond acceptors (Lipinski definition) is 5. The van der Waals surface area contributed by atoms with E-state index >= 15 is 0 Å². The zero-order valence-corrected chi connectivity index (χ0v) is 19.0. The Hall–Kier alpha value is -2.15. The number of benzene rings is 1. The average Bonchev–Trinajstić information content (AvgIpc) is 3.55. The Morgan fingerprint density at radius 3 is 2.39 bits per heavy atom. The van der Waals surface area contributed by atoms with Gasteiger partial charge in [-0.1, -0.05) is 11.6 Å². The van der Waals surface area contributed by atoms with Gasteiger partial charge in [0.15, 0.2) is 5.69 Å². The van der Waals surface area contributed by atoms with Crippen molar-refractivity contribution in [1.82, 2.24) is 14.1 Å². The molecule has 0 spiro atoms. The van der Waals surface area contributed by atoms with Gasteiger partial charge in [0.1, 0.15) is 0 Å². The molecular formula is C20H22ClF3N4O4S. The van der Waals surface area contributed by atoms with Gasteiger partial charge in [-0.05, 0) is 37.1 Å². The summed E-state index contributed by atoms with van der Waals surface area (Å²) in [5, 5.41) is 5.83. The number of ether oxygens (including phenoxy) is 1. The summed E-state index contributed by atoms with van der Waals surface area (Å²) >= 11 is 5.94. The highest BCUT2D eigenvalue weighted by Gasteiger charge is 2.42. The van der Waals surface area contributed by atoms with Crippen LogP contribution in [0.15, 0.2) is 29.2 Å². The molecule has 1 aliphatic carbocycles. The third-order valence-electron chi connectivity index (χ3n) is 5.46. The molecule has 2 aliphatic rings. The molecule has 1 N–H and O–H groups in total. The van der Waals surface area contributed by atoms with Crippen molar-refractivity contribution in [1.29, 1.82) is 0 Å². The zero-order valence-electron chi connectivity index (χ0n) is 17.4. The zero-order chi connectivity index (χ0) is 23.8. The van der Waals surface area contributed by atoms with Crippen molar-refractivity contribution in [3.63, 3.8) is 0 Å². The van der Waals surface area contributed by atoms with E-state index in [0.29, 0.717) is 24.6 Å². The fraction of sp³-hybridized carbons (Fsp3) is 0.500. The van der Waals surface area contributed by atoms with Gasteiger partial charge in [0.05, 0.1) is 35.4 Å². The molecule has 0 radical (unpaired) electrons. The summed E-state index contributed by atoms with van der Waals surface area (Å²) in [6.45, 7) is 1.16. The van der Waals surface area contributed by atoms with Crippen molar-refractivity contribution >= 4 is 33.2 Å². The molecule has 0 atom stereocenters. The van der Waals surface area contributed by atoms with Gasteiger partial charge in [-0.15, -0.1) is 0 Å². The fourth-order valence-corrected chi connectivity index (χ4v) is 5.43. The fourth-order valence-electron chi connectivity index (χ4n) is 3.63. The second-order valence-corrected chi connectivity index (χ2v) is 10.2. The predicted octanol–water partition coefficient (Wildman–Crippen LogP) is 3.48. The SMILES string of the molecule is O=C(CCn1nc(C(F)(F)F)c(Cl)c1C1CC1)Nc1ccc(S(=O)(=O)N2CCOCC2)cc1. The lowest BCUT2D eigenvalue weighted by Gasteiger charge is -2.26. The number of carbonyl (C=O) groups is 1. The maximum absolute atomic E-state index is 13.2. The first kappa shape index (κ1) is 24.0. The lowest BCUT2D eigenvalue weighted by Crippen LogP contribution is -2.40. The third-order valence-corrected chi connectivity index (χ3v) is 7.75. The molecule has 0 bridgehead atoms. The molecule has 1 saturated carbocycles.